The molecule has 0 unspecified atom stereocenters. The van der Waals surface area contributed by atoms with E-state index in [0.29, 0.717) is 31.0 Å². The zero-order chi connectivity index (χ0) is 17.8. The highest BCUT2D eigenvalue weighted by Gasteiger charge is 2.28. The second kappa shape index (κ2) is 8.07. The Bertz CT molecular complexity index is 623. The molecule has 26 heavy (non-hydrogen) atoms. The van der Waals surface area contributed by atoms with Crippen LogP contribution >= 0.6 is 0 Å². The molecule has 3 aliphatic rings. The predicted octanol–water partition coefficient (Wildman–Crippen LogP) is 4.83. The quantitative estimate of drug-likeness (QED) is 0.777. The average molecular weight is 356 g/mol. The van der Waals surface area contributed by atoms with Gasteiger partial charge in [0.15, 0.2) is 0 Å². The molecule has 0 aromatic heterocycles. The van der Waals surface area contributed by atoms with Crippen LogP contribution in [0.1, 0.15) is 49.1 Å². The first-order valence-corrected chi connectivity index (χ1v) is 9.79. The molecule has 4 nitrogen and oxygen atoms in total. The Hall–Kier alpha value is -2.10. The van der Waals surface area contributed by atoms with E-state index in [9.17, 15) is 0 Å². The van der Waals surface area contributed by atoms with Gasteiger partial charge in [0, 0.05) is 12.0 Å². The van der Waals surface area contributed by atoms with Crippen LogP contribution in [0.5, 0.6) is 0 Å². The summed E-state index contributed by atoms with van der Waals surface area (Å²) in [5.74, 6) is 2.64. The maximum Gasteiger partial charge on any atom is 0.279 e. The van der Waals surface area contributed by atoms with Gasteiger partial charge in [0.2, 0.25) is 0 Å². The highest BCUT2D eigenvalue weighted by atomic mass is 16.7. The number of benzene rings is 1. The lowest BCUT2D eigenvalue weighted by atomic mass is 9.80. The van der Waals surface area contributed by atoms with Gasteiger partial charge in [-0.2, -0.15) is 0 Å². The average Bonchev–Trinajstić information content (AvgIpc) is 2.71. The second-order valence-electron chi connectivity index (χ2n) is 7.60. The van der Waals surface area contributed by atoms with Crippen molar-refractivity contribution in [1.82, 2.24) is 0 Å². The monoisotopic (exact) mass is 356 g/mol. The summed E-state index contributed by atoms with van der Waals surface area (Å²) in [6, 6.07) is 8.41. The van der Waals surface area contributed by atoms with Gasteiger partial charge >= 0.3 is 0 Å². The fourth-order valence-electron chi connectivity index (χ4n) is 4.10. The summed E-state index contributed by atoms with van der Waals surface area (Å²) >= 11 is 0. The number of hydrogen-bond donors (Lipinski definition) is 0. The third-order valence-corrected chi connectivity index (χ3v) is 5.78. The van der Waals surface area contributed by atoms with Crippen molar-refractivity contribution >= 4 is 6.08 Å². The molecule has 140 valence electrons. The molecule has 4 rings (SSSR count). The zero-order valence-electron chi connectivity index (χ0n) is 15.3. The molecular formula is C22H28O4. The van der Waals surface area contributed by atoms with Gasteiger partial charge in [0.05, 0.1) is 19.1 Å². The van der Waals surface area contributed by atoms with Crippen molar-refractivity contribution < 1.29 is 18.9 Å². The summed E-state index contributed by atoms with van der Waals surface area (Å²) < 4.78 is 22.6. The van der Waals surface area contributed by atoms with E-state index in [1.54, 1.807) is 0 Å². The maximum atomic E-state index is 5.90. The number of ether oxygens (including phenoxy) is 4. The van der Waals surface area contributed by atoms with Crippen molar-refractivity contribution in [2.24, 2.45) is 11.8 Å². The van der Waals surface area contributed by atoms with Gasteiger partial charge in [-0.15, -0.1) is 0 Å². The van der Waals surface area contributed by atoms with Gasteiger partial charge in [-0.3, -0.25) is 0 Å². The Balaban J connectivity index is 1.31. The Morgan fingerprint density at radius 2 is 1.42 bits per heavy atom. The highest BCUT2D eigenvalue weighted by Crippen LogP contribution is 2.33. The Morgan fingerprint density at radius 1 is 0.769 bits per heavy atom. The van der Waals surface area contributed by atoms with Crippen LogP contribution in [0, 0.1) is 11.8 Å². The minimum absolute atomic E-state index is 0.251. The lowest BCUT2D eigenvalue weighted by molar-refractivity contribution is -0.0683. The predicted molar refractivity (Wildman–Crippen MR) is 100 cm³/mol. The summed E-state index contributed by atoms with van der Waals surface area (Å²) in [5, 5.41) is 0. The second-order valence-corrected chi connectivity index (χ2v) is 7.60. The molecule has 0 spiro atoms. The summed E-state index contributed by atoms with van der Waals surface area (Å²) in [5.41, 5.74) is 2.30. The Labute approximate surface area is 155 Å². The van der Waals surface area contributed by atoms with Crippen LogP contribution in [0.2, 0.25) is 0 Å². The first-order chi connectivity index (χ1) is 12.8. The van der Waals surface area contributed by atoms with Crippen LogP contribution in [0.15, 0.2) is 42.7 Å². The lowest BCUT2D eigenvalue weighted by Crippen LogP contribution is -2.30. The van der Waals surface area contributed by atoms with Crippen LogP contribution in [0.4, 0.5) is 0 Å². The minimum atomic E-state index is 0.251. The van der Waals surface area contributed by atoms with Crippen molar-refractivity contribution in [3.8, 4) is 0 Å². The summed E-state index contributed by atoms with van der Waals surface area (Å²) in [4.78, 5) is 0. The van der Waals surface area contributed by atoms with E-state index in [2.05, 4.69) is 30.8 Å². The highest BCUT2D eigenvalue weighted by molar-refractivity contribution is 5.51. The van der Waals surface area contributed by atoms with E-state index in [4.69, 9.17) is 18.9 Å². The van der Waals surface area contributed by atoms with Crippen molar-refractivity contribution in [3.05, 3.63) is 53.9 Å². The largest absolute Gasteiger partial charge is 0.465 e. The van der Waals surface area contributed by atoms with Crippen LogP contribution in [0.25, 0.3) is 6.08 Å². The summed E-state index contributed by atoms with van der Waals surface area (Å²) in [6.07, 6.45) is 8.76. The van der Waals surface area contributed by atoms with Crippen molar-refractivity contribution in [3.63, 3.8) is 0 Å². The van der Waals surface area contributed by atoms with Crippen LogP contribution in [-0.4, -0.2) is 26.4 Å². The zero-order valence-corrected chi connectivity index (χ0v) is 15.3. The molecule has 0 atom stereocenters. The van der Waals surface area contributed by atoms with E-state index < -0.39 is 0 Å². The van der Waals surface area contributed by atoms with Gasteiger partial charge in [0.1, 0.15) is 13.2 Å². The lowest BCUT2D eigenvalue weighted by Gasteiger charge is -2.33. The van der Waals surface area contributed by atoms with E-state index in [0.717, 1.165) is 24.7 Å². The summed E-state index contributed by atoms with van der Waals surface area (Å²) in [7, 11) is 0. The molecule has 3 fully saturated rings. The first kappa shape index (κ1) is 17.3. The molecular weight excluding hydrogens is 328 g/mol. The SMILES string of the molecule is C=C1OCC(c2ccc(C=C3OCC(C4CCCCC4)CO3)cc2)CO1. The van der Waals surface area contributed by atoms with Crippen LogP contribution in [-0.2, 0) is 18.9 Å². The van der Waals surface area contributed by atoms with Gasteiger partial charge in [-0.05, 0) is 36.5 Å². The third-order valence-electron chi connectivity index (χ3n) is 5.78. The summed E-state index contributed by atoms with van der Waals surface area (Å²) in [6.45, 7) is 6.49. The number of rotatable bonds is 3. The fourth-order valence-corrected chi connectivity index (χ4v) is 4.10. The van der Waals surface area contributed by atoms with Crippen molar-refractivity contribution in [2.75, 3.05) is 26.4 Å². The molecule has 2 saturated heterocycles. The molecule has 1 aliphatic carbocycles. The standard InChI is InChI=1S/C22H28O4/c1-16-23-12-20(13-24-16)19-9-7-17(8-10-19)11-22-25-14-21(15-26-22)18-5-3-2-4-6-18/h7-11,18,20-21H,1-6,12-15H2. The normalized spacial score (nSPS) is 24.8. The number of hydrogen-bond acceptors (Lipinski definition) is 4. The van der Waals surface area contributed by atoms with E-state index >= 15 is 0 Å². The molecule has 1 saturated carbocycles. The van der Waals surface area contributed by atoms with Crippen molar-refractivity contribution in [2.45, 2.75) is 38.0 Å². The molecule has 0 radical (unpaired) electrons. The van der Waals surface area contributed by atoms with Gasteiger partial charge < -0.3 is 18.9 Å². The maximum absolute atomic E-state index is 5.90. The smallest absolute Gasteiger partial charge is 0.279 e. The molecule has 0 N–H and O–H groups in total. The molecule has 1 aromatic carbocycles. The Morgan fingerprint density at radius 3 is 2.08 bits per heavy atom. The molecule has 2 aliphatic heterocycles. The van der Waals surface area contributed by atoms with E-state index in [1.165, 1.54) is 37.7 Å². The van der Waals surface area contributed by atoms with Gasteiger partial charge in [0.25, 0.3) is 11.9 Å². The molecule has 1 aromatic rings. The third kappa shape index (κ3) is 4.17. The molecule has 0 amide bonds. The van der Waals surface area contributed by atoms with E-state index in [1.807, 2.05) is 6.08 Å². The molecule has 0 bridgehead atoms. The minimum Gasteiger partial charge on any atom is -0.465 e. The van der Waals surface area contributed by atoms with E-state index in [-0.39, 0.29) is 5.92 Å². The fraction of sp³-hybridized carbons (Fsp3) is 0.545. The molecule has 4 heteroatoms. The van der Waals surface area contributed by atoms with Crippen LogP contribution in [0.3, 0.4) is 0 Å². The van der Waals surface area contributed by atoms with Gasteiger partial charge in [-0.1, -0.05) is 43.5 Å². The topological polar surface area (TPSA) is 36.9 Å². The molecule has 2 heterocycles. The van der Waals surface area contributed by atoms with Gasteiger partial charge in [-0.25, -0.2) is 0 Å². The van der Waals surface area contributed by atoms with Crippen molar-refractivity contribution in [1.29, 1.82) is 0 Å². The Kier molecular flexibility index (Phi) is 5.37. The first-order valence-electron chi connectivity index (χ1n) is 9.79. The van der Waals surface area contributed by atoms with Crippen LogP contribution < -0.4 is 0 Å².